The molecule has 0 saturated heterocycles. The maximum Gasteiger partial charge on any atom is 0.191 e. The number of aliphatic imine (C=N–C) groups is 1. The van der Waals surface area contributed by atoms with Crippen molar-refractivity contribution in [1.29, 1.82) is 0 Å². The van der Waals surface area contributed by atoms with Crippen molar-refractivity contribution < 1.29 is 0 Å². The van der Waals surface area contributed by atoms with Crippen LogP contribution < -0.4 is 10.6 Å². The number of rotatable bonds is 6. The molecule has 5 nitrogen and oxygen atoms in total. The first-order valence-corrected chi connectivity index (χ1v) is 9.06. The van der Waals surface area contributed by atoms with Crippen molar-refractivity contribution in [2.45, 2.75) is 53.0 Å². The predicted molar refractivity (Wildman–Crippen MR) is 105 cm³/mol. The molecule has 1 aromatic heterocycles. The van der Waals surface area contributed by atoms with Crippen molar-refractivity contribution in [1.82, 2.24) is 20.4 Å². The Morgan fingerprint density at radius 1 is 1.20 bits per heavy atom. The summed E-state index contributed by atoms with van der Waals surface area (Å²) in [4.78, 5) is 4.68. The molecule has 2 aromatic rings. The van der Waals surface area contributed by atoms with Gasteiger partial charge in [0.2, 0.25) is 0 Å². The van der Waals surface area contributed by atoms with Gasteiger partial charge in [0.1, 0.15) is 0 Å². The molecule has 0 unspecified atom stereocenters. The van der Waals surface area contributed by atoms with Crippen LogP contribution in [-0.4, -0.2) is 34.4 Å². The third-order valence-electron chi connectivity index (χ3n) is 3.73. The van der Waals surface area contributed by atoms with Crippen LogP contribution in [0.1, 0.15) is 45.4 Å². The second-order valence-electron chi connectivity index (χ2n) is 7.26. The van der Waals surface area contributed by atoms with E-state index in [2.05, 4.69) is 73.7 Å². The fraction of sp³-hybridized carbons (Fsp3) is 0.500. The third-order valence-corrected chi connectivity index (χ3v) is 3.73. The summed E-state index contributed by atoms with van der Waals surface area (Å²) in [6.45, 7) is 12.2. The van der Waals surface area contributed by atoms with E-state index in [1.54, 1.807) is 0 Å². The topological polar surface area (TPSA) is 54.2 Å². The van der Waals surface area contributed by atoms with Crippen LogP contribution >= 0.6 is 0 Å². The molecule has 25 heavy (non-hydrogen) atoms. The van der Waals surface area contributed by atoms with Crippen molar-refractivity contribution >= 4 is 5.96 Å². The number of aromatic nitrogens is 2. The van der Waals surface area contributed by atoms with Gasteiger partial charge in [-0.1, -0.05) is 18.2 Å². The zero-order chi connectivity index (χ0) is 18.3. The van der Waals surface area contributed by atoms with Crippen LogP contribution in [0.3, 0.4) is 0 Å². The monoisotopic (exact) mass is 341 g/mol. The van der Waals surface area contributed by atoms with Crippen LogP contribution in [0, 0.1) is 6.92 Å². The normalized spacial score (nSPS) is 12.3. The fourth-order valence-electron chi connectivity index (χ4n) is 2.58. The van der Waals surface area contributed by atoms with E-state index in [-0.39, 0.29) is 5.54 Å². The van der Waals surface area contributed by atoms with Crippen LogP contribution in [0.15, 0.2) is 41.5 Å². The van der Waals surface area contributed by atoms with Gasteiger partial charge in [-0.05, 0) is 65.2 Å². The van der Waals surface area contributed by atoms with Crippen LogP contribution in [0.4, 0.5) is 0 Å². The largest absolute Gasteiger partial charge is 0.357 e. The lowest BCUT2D eigenvalue weighted by Crippen LogP contribution is -2.47. The summed E-state index contributed by atoms with van der Waals surface area (Å²) in [6.07, 6.45) is 4.12. The Hall–Kier alpha value is -2.30. The van der Waals surface area contributed by atoms with Crippen LogP contribution in [0.25, 0.3) is 5.69 Å². The molecule has 1 heterocycles. The molecule has 0 aliphatic rings. The molecule has 0 fully saturated rings. The molecular weight excluding hydrogens is 310 g/mol. The molecule has 0 atom stereocenters. The number of nitrogens with one attached hydrogen (secondary N) is 2. The van der Waals surface area contributed by atoms with E-state index in [4.69, 9.17) is 0 Å². The van der Waals surface area contributed by atoms with Gasteiger partial charge in [-0.25, -0.2) is 4.68 Å². The number of aryl methyl sites for hydroxylation is 2. The number of hydrogen-bond donors (Lipinski definition) is 2. The third kappa shape index (κ3) is 6.25. The van der Waals surface area contributed by atoms with Crippen molar-refractivity contribution in [3.63, 3.8) is 0 Å². The van der Waals surface area contributed by atoms with Crippen molar-refractivity contribution in [2.24, 2.45) is 4.99 Å². The number of hydrogen-bond acceptors (Lipinski definition) is 2. The van der Waals surface area contributed by atoms with Crippen LogP contribution in [0.5, 0.6) is 0 Å². The molecule has 0 aliphatic carbocycles. The van der Waals surface area contributed by atoms with E-state index >= 15 is 0 Å². The minimum Gasteiger partial charge on any atom is -0.357 e. The zero-order valence-electron chi connectivity index (χ0n) is 16.1. The minimum absolute atomic E-state index is 0.00835. The number of benzene rings is 1. The highest BCUT2D eigenvalue weighted by atomic mass is 15.3. The van der Waals surface area contributed by atoms with Crippen LogP contribution in [0.2, 0.25) is 0 Å². The second-order valence-corrected chi connectivity index (χ2v) is 7.26. The van der Waals surface area contributed by atoms with E-state index in [9.17, 15) is 0 Å². The average Bonchev–Trinajstić information content (AvgIpc) is 2.92. The fourth-order valence-corrected chi connectivity index (χ4v) is 2.58. The summed E-state index contributed by atoms with van der Waals surface area (Å²) >= 11 is 0. The molecule has 0 aliphatic heterocycles. The van der Waals surface area contributed by atoms with Gasteiger partial charge >= 0.3 is 0 Å². The maximum atomic E-state index is 4.68. The van der Waals surface area contributed by atoms with E-state index in [1.165, 1.54) is 5.56 Å². The molecule has 0 bridgehead atoms. The summed E-state index contributed by atoms with van der Waals surface area (Å²) in [5, 5.41) is 11.3. The molecule has 2 N–H and O–H groups in total. The van der Waals surface area contributed by atoms with Gasteiger partial charge in [-0.2, -0.15) is 5.10 Å². The molecule has 1 aromatic carbocycles. The summed E-state index contributed by atoms with van der Waals surface area (Å²) in [5.74, 6) is 0.881. The summed E-state index contributed by atoms with van der Waals surface area (Å²) in [5.41, 5.74) is 3.48. The standard InChI is InChI=1S/C20H31N5/c1-6-21-19(23-20(3,4)5)22-14-10-11-17-15-25(24-16(17)2)18-12-8-7-9-13-18/h7-9,12-13,15H,6,10-11,14H2,1-5H3,(H2,21,22,23). The van der Waals surface area contributed by atoms with Crippen LogP contribution in [-0.2, 0) is 6.42 Å². The molecule has 0 saturated carbocycles. The first kappa shape index (κ1) is 19.0. The van der Waals surface area contributed by atoms with Gasteiger partial charge in [0, 0.05) is 24.8 Å². The first-order valence-electron chi connectivity index (χ1n) is 9.06. The number of para-hydroxylation sites is 1. The summed E-state index contributed by atoms with van der Waals surface area (Å²) < 4.78 is 1.96. The first-order chi connectivity index (χ1) is 11.9. The maximum absolute atomic E-state index is 4.68. The molecule has 5 heteroatoms. The Bertz CT molecular complexity index is 680. The Morgan fingerprint density at radius 3 is 2.56 bits per heavy atom. The Kier molecular flexibility index (Phi) is 6.62. The second kappa shape index (κ2) is 8.70. The smallest absolute Gasteiger partial charge is 0.191 e. The Balaban J connectivity index is 1.93. The lowest BCUT2D eigenvalue weighted by atomic mass is 10.1. The molecule has 0 spiro atoms. The van der Waals surface area contributed by atoms with Crippen molar-refractivity contribution in [3.05, 3.63) is 47.8 Å². The van der Waals surface area contributed by atoms with Gasteiger partial charge in [-0.3, -0.25) is 4.99 Å². The molecule has 136 valence electrons. The lowest BCUT2D eigenvalue weighted by Gasteiger charge is -2.23. The van der Waals surface area contributed by atoms with Gasteiger partial charge in [0.05, 0.1) is 11.4 Å². The molecular formula is C20H31N5. The van der Waals surface area contributed by atoms with Crippen molar-refractivity contribution in [2.75, 3.05) is 13.1 Å². The number of nitrogens with zero attached hydrogens (tertiary/aromatic N) is 3. The Labute approximate surface area is 151 Å². The quantitative estimate of drug-likeness (QED) is 0.480. The minimum atomic E-state index is 0.00835. The molecule has 0 radical (unpaired) electrons. The summed E-state index contributed by atoms with van der Waals surface area (Å²) in [7, 11) is 0. The highest BCUT2D eigenvalue weighted by molar-refractivity contribution is 5.80. The van der Waals surface area contributed by atoms with Gasteiger partial charge < -0.3 is 10.6 Å². The van der Waals surface area contributed by atoms with Crippen molar-refractivity contribution in [3.8, 4) is 5.69 Å². The van der Waals surface area contributed by atoms with E-state index in [0.717, 1.165) is 43.3 Å². The average molecular weight is 342 g/mol. The molecule has 2 rings (SSSR count). The SMILES string of the molecule is CCNC(=NCCCc1cn(-c2ccccc2)nc1C)NC(C)(C)C. The highest BCUT2D eigenvalue weighted by Crippen LogP contribution is 2.13. The highest BCUT2D eigenvalue weighted by Gasteiger charge is 2.11. The van der Waals surface area contributed by atoms with E-state index in [0.29, 0.717) is 0 Å². The van der Waals surface area contributed by atoms with E-state index < -0.39 is 0 Å². The predicted octanol–water partition coefficient (Wildman–Crippen LogP) is 3.47. The lowest BCUT2D eigenvalue weighted by molar-refractivity contribution is 0.501. The van der Waals surface area contributed by atoms with Gasteiger partial charge in [0.15, 0.2) is 5.96 Å². The van der Waals surface area contributed by atoms with Gasteiger partial charge in [0.25, 0.3) is 0 Å². The molecule has 0 amide bonds. The Morgan fingerprint density at radius 2 is 1.92 bits per heavy atom. The van der Waals surface area contributed by atoms with Gasteiger partial charge in [-0.15, -0.1) is 0 Å². The summed E-state index contributed by atoms with van der Waals surface area (Å²) in [6, 6.07) is 10.2. The van der Waals surface area contributed by atoms with E-state index in [1.807, 2.05) is 22.9 Å². The number of guanidine groups is 1. The zero-order valence-corrected chi connectivity index (χ0v) is 16.1.